The van der Waals surface area contributed by atoms with Crippen LogP contribution < -0.4 is 5.32 Å². The molecule has 20 heavy (non-hydrogen) atoms. The van der Waals surface area contributed by atoms with Gasteiger partial charge in [-0.3, -0.25) is 4.79 Å². The summed E-state index contributed by atoms with van der Waals surface area (Å²) in [5.41, 5.74) is -1.82. The van der Waals surface area contributed by atoms with Crippen molar-refractivity contribution in [1.29, 1.82) is 5.26 Å². The second-order valence-electron chi connectivity index (χ2n) is 4.96. The maximum absolute atomic E-state index is 13.5. The third-order valence-corrected chi connectivity index (χ3v) is 3.60. The minimum atomic E-state index is -1.38. The Morgan fingerprint density at radius 2 is 1.85 bits per heavy atom. The third kappa shape index (κ3) is 2.62. The van der Waals surface area contributed by atoms with Crippen molar-refractivity contribution in [1.82, 2.24) is 0 Å². The molecule has 0 spiro atoms. The molecule has 0 atom stereocenters. The molecule has 1 aliphatic rings. The van der Waals surface area contributed by atoms with E-state index in [9.17, 15) is 23.2 Å². The number of carbonyl (C=O) groups is 1. The fraction of sp³-hybridized carbons (Fsp3) is 0.429. The van der Waals surface area contributed by atoms with Crippen molar-refractivity contribution in [3.63, 3.8) is 0 Å². The molecule has 1 fully saturated rings. The quantitative estimate of drug-likeness (QED) is 0.844. The lowest BCUT2D eigenvalue weighted by atomic mass is 9.74. The van der Waals surface area contributed by atoms with Gasteiger partial charge in [-0.05, 0) is 12.8 Å². The van der Waals surface area contributed by atoms with Crippen LogP contribution in [0.4, 0.5) is 18.9 Å². The number of nitriles is 1. The van der Waals surface area contributed by atoms with Gasteiger partial charge in [0.1, 0.15) is 11.2 Å². The first-order valence-corrected chi connectivity index (χ1v) is 6.36. The van der Waals surface area contributed by atoms with Crippen molar-refractivity contribution in [2.24, 2.45) is 5.41 Å². The van der Waals surface area contributed by atoms with Crippen molar-refractivity contribution in [2.75, 3.05) is 5.32 Å². The van der Waals surface area contributed by atoms with Gasteiger partial charge in [-0.25, -0.2) is 13.2 Å². The molecule has 0 aliphatic heterocycles. The third-order valence-electron chi connectivity index (χ3n) is 3.60. The summed E-state index contributed by atoms with van der Waals surface area (Å²) in [5, 5.41) is 11.4. The highest BCUT2D eigenvalue weighted by atomic mass is 19.2. The fourth-order valence-electron chi connectivity index (χ4n) is 2.43. The average molecular weight is 282 g/mol. The van der Waals surface area contributed by atoms with Crippen molar-refractivity contribution in [2.45, 2.75) is 32.1 Å². The summed E-state index contributed by atoms with van der Waals surface area (Å²) in [6, 6.07) is 3.06. The Hall–Kier alpha value is -2.03. The SMILES string of the molecule is N#CC1(C(=O)Nc2cc(F)cc(F)c2F)CCCCC1. The van der Waals surface area contributed by atoms with Crippen LogP contribution in [-0.2, 0) is 4.79 Å². The Bertz CT molecular complexity index is 575. The highest BCUT2D eigenvalue weighted by Crippen LogP contribution is 2.37. The Morgan fingerprint density at radius 1 is 1.20 bits per heavy atom. The van der Waals surface area contributed by atoms with E-state index in [2.05, 4.69) is 5.32 Å². The zero-order chi connectivity index (χ0) is 14.8. The van der Waals surface area contributed by atoms with Gasteiger partial charge in [0, 0.05) is 12.1 Å². The van der Waals surface area contributed by atoms with Crippen LogP contribution in [0.2, 0.25) is 0 Å². The highest BCUT2D eigenvalue weighted by Gasteiger charge is 2.40. The van der Waals surface area contributed by atoms with Crippen molar-refractivity contribution in [3.05, 3.63) is 29.6 Å². The van der Waals surface area contributed by atoms with Crippen LogP contribution >= 0.6 is 0 Å². The molecule has 0 radical (unpaired) electrons. The van der Waals surface area contributed by atoms with E-state index in [0.717, 1.165) is 19.3 Å². The monoisotopic (exact) mass is 282 g/mol. The van der Waals surface area contributed by atoms with Gasteiger partial charge < -0.3 is 5.32 Å². The van der Waals surface area contributed by atoms with Crippen LogP contribution in [0, 0.1) is 34.2 Å². The van der Waals surface area contributed by atoms with Gasteiger partial charge in [-0.15, -0.1) is 0 Å². The molecule has 2 rings (SSSR count). The molecule has 1 N–H and O–H groups in total. The van der Waals surface area contributed by atoms with Gasteiger partial charge in [0.25, 0.3) is 0 Å². The Morgan fingerprint density at radius 3 is 2.45 bits per heavy atom. The highest BCUT2D eigenvalue weighted by molar-refractivity contribution is 5.97. The normalized spacial score (nSPS) is 17.3. The molecule has 106 valence electrons. The summed E-state index contributed by atoms with van der Waals surface area (Å²) < 4.78 is 39.6. The van der Waals surface area contributed by atoms with E-state index in [1.54, 1.807) is 0 Å². The smallest absolute Gasteiger partial charge is 0.244 e. The minimum Gasteiger partial charge on any atom is -0.322 e. The molecule has 0 aromatic heterocycles. The summed E-state index contributed by atoms with van der Waals surface area (Å²) in [4.78, 5) is 12.2. The van der Waals surface area contributed by atoms with Crippen LogP contribution in [0.1, 0.15) is 32.1 Å². The molecule has 1 amide bonds. The molecule has 1 aromatic carbocycles. The summed E-state index contributed by atoms with van der Waals surface area (Å²) in [6.07, 6.45) is 3.12. The van der Waals surface area contributed by atoms with E-state index in [0.29, 0.717) is 25.0 Å². The predicted molar refractivity (Wildman–Crippen MR) is 66.1 cm³/mol. The number of nitrogens with zero attached hydrogens (tertiary/aromatic N) is 1. The second kappa shape index (κ2) is 5.53. The first-order valence-electron chi connectivity index (χ1n) is 6.36. The summed E-state index contributed by atoms with van der Waals surface area (Å²) in [6.45, 7) is 0. The average Bonchev–Trinajstić information content (AvgIpc) is 2.44. The summed E-state index contributed by atoms with van der Waals surface area (Å²) >= 11 is 0. The van der Waals surface area contributed by atoms with Gasteiger partial charge in [-0.1, -0.05) is 19.3 Å². The van der Waals surface area contributed by atoms with Crippen molar-refractivity contribution < 1.29 is 18.0 Å². The van der Waals surface area contributed by atoms with Gasteiger partial charge >= 0.3 is 0 Å². The van der Waals surface area contributed by atoms with Crippen LogP contribution in [0.3, 0.4) is 0 Å². The lowest BCUT2D eigenvalue weighted by Crippen LogP contribution is -2.37. The van der Waals surface area contributed by atoms with Gasteiger partial charge in [0.2, 0.25) is 5.91 Å². The molecule has 3 nitrogen and oxygen atoms in total. The maximum atomic E-state index is 13.5. The molecule has 0 heterocycles. The Labute approximate surface area is 114 Å². The second-order valence-corrected chi connectivity index (χ2v) is 4.96. The number of rotatable bonds is 2. The number of carbonyl (C=O) groups excluding carboxylic acids is 1. The van der Waals surface area contributed by atoms with Gasteiger partial charge in [0.15, 0.2) is 11.6 Å². The number of benzene rings is 1. The van der Waals surface area contributed by atoms with Crippen LogP contribution in [-0.4, -0.2) is 5.91 Å². The largest absolute Gasteiger partial charge is 0.322 e. The Balaban J connectivity index is 2.25. The van der Waals surface area contributed by atoms with Crippen molar-refractivity contribution in [3.8, 4) is 6.07 Å². The molecule has 1 aromatic rings. The lowest BCUT2D eigenvalue weighted by molar-refractivity contribution is -0.124. The van der Waals surface area contributed by atoms with Crippen molar-refractivity contribution >= 4 is 11.6 Å². The van der Waals surface area contributed by atoms with E-state index < -0.39 is 34.5 Å². The molecule has 0 saturated heterocycles. The molecule has 0 bridgehead atoms. The van der Waals surface area contributed by atoms with Crippen LogP contribution in [0.5, 0.6) is 0 Å². The number of hydrogen-bond acceptors (Lipinski definition) is 2. The zero-order valence-electron chi connectivity index (χ0n) is 10.7. The number of halogens is 3. The van der Waals surface area contributed by atoms with E-state index in [1.807, 2.05) is 6.07 Å². The summed E-state index contributed by atoms with van der Waals surface area (Å²) in [5.74, 6) is -4.41. The molecule has 6 heteroatoms. The topological polar surface area (TPSA) is 52.9 Å². The lowest BCUT2D eigenvalue weighted by Gasteiger charge is -2.29. The van der Waals surface area contributed by atoms with E-state index in [1.165, 1.54) is 0 Å². The maximum Gasteiger partial charge on any atom is 0.244 e. The fourth-order valence-corrected chi connectivity index (χ4v) is 2.43. The van der Waals surface area contributed by atoms with Gasteiger partial charge in [-0.2, -0.15) is 5.26 Å². The number of nitrogens with one attached hydrogen (secondary N) is 1. The van der Waals surface area contributed by atoms with E-state index >= 15 is 0 Å². The molecule has 1 saturated carbocycles. The summed E-state index contributed by atoms with van der Waals surface area (Å²) in [7, 11) is 0. The molecular formula is C14H13F3N2O. The number of hydrogen-bond donors (Lipinski definition) is 1. The number of anilines is 1. The molecular weight excluding hydrogens is 269 g/mol. The molecule has 1 aliphatic carbocycles. The Kier molecular flexibility index (Phi) is 3.98. The predicted octanol–water partition coefficient (Wildman–Crippen LogP) is 3.52. The number of amides is 1. The zero-order valence-corrected chi connectivity index (χ0v) is 10.7. The van der Waals surface area contributed by atoms with Crippen LogP contribution in [0.15, 0.2) is 12.1 Å². The van der Waals surface area contributed by atoms with E-state index in [4.69, 9.17) is 0 Å². The first kappa shape index (κ1) is 14.4. The van der Waals surface area contributed by atoms with E-state index in [-0.39, 0.29) is 0 Å². The molecule has 0 unspecified atom stereocenters. The minimum absolute atomic E-state index is 0.370. The first-order chi connectivity index (χ1) is 9.48. The van der Waals surface area contributed by atoms with Gasteiger partial charge in [0.05, 0.1) is 11.8 Å². The standard InChI is InChI=1S/C14H13F3N2O/c15-9-6-10(16)12(17)11(7-9)19-13(20)14(8-18)4-2-1-3-5-14/h6-7H,1-5H2,(H,19,20). The van der Waals surface area contributed by atoms with Crippen LogP contribution in [0.25, 0.3) is 0 Å².